The Morgan fingerprint density at radius 1 is 1.22 bits per heavy atom. The van der Waals surface area contributed by atoms with E-state index >= 15 is 0 Å². The van der Waals surface area contributed by atoms with Crippen LogP contribution in [0.1, 0.15) is 25.7 Å². The molecule has 2 aliphatic carbocycles. The summed E-state index contributed by atoms with van der Waals surface area (Å²) < 4.78 is 1.24. The monoisotopic (exact) mass is 237 g/mol. The van der Waals surface area contributed by atoms with Crippen molar-refractivity contribution in [2.75, 3.05) is 4.93 Å². The molecule has 0 aromatic heterocycles. The van der Waals surface area contributed by atoms with E-state index in [1.54, 1.807) is 25.7 Å². The number of hydrogen-bond donors (Lipinski definition) is 0. The maximum absolute atomic E-state index is 2.46. The molecular weight excluding hydrogens is 223 g/mol. The van der Waals surface area contributed by atoms with Crippen molar-refractivity contribution < 1.29 is 21.2 Å². The van der Waals surface area contributed by atoms with Gasteiger partial charge in [0.1, 0.15) is 0 Å². The van der Waals surface area contributed by atoms with Crippen molar-refractivity contribution in [1.82, 2.24) is 0 Å². The SMILES string of the molecule is C[I-]C1CC2CCC1C2. The predicted octanol–water partition coefficient (Wildman–Crippen LogP) is -1.11. The van der Waals surface area contributed by atoms with Crippen LogP contribution in [0.4, 0.5) is 0 Å². The molecule has 0 N–H and O–H groups in total. The molecule has 2 rings (SSSR count). The fourth-order valence-electron chi connectivity index (χ4n) is 2.43. The molecule has 3 unspecified atom stereocenters. The Labute approximate surface area is 67.7 Å². The number of rotatable bonds is 1. The van der Waals surface area contributed by atoms with Crippen molar-refractivity contribution in [1.29, 1.82) is 0 Å². The molecular formula is C8H14I-. The first-order chi connectivity index (χ1) is 4.40. The minimum atomic E-state index is 0.588. The van der Waals surface area contributed by atoms with E-state index in [1.165, 1.54) is 15.8 Å². The first kappa shape index (κ1) is 6.44. The first-order valence-corrected chi connectivity index (χ1v) is 7.28. The molecule has 0 heterocycles. The molecule has 2 saturated carbocycles. The van der Waals surface area contributed by atoms with Crippen molar-refractivity contribution in [3.05, 3.63) is 0 Å². The summed E-state index contributed by atoms with van der Waals surface area (Å²) in [5.74, 6) is 2.38. The van der Waals surface area contributed by atoms with Crippen molar-refractivity contribution in [2.24, 2.45) is 11.8 Å². The Morgan fingerprint density at radius 3 is 2.44 bits per heavy atom. The Hall–Kier alpha value is 0.730. The van der Waals surface area contributed by atoms with E-state index < -0.39 is 0 Å². The van der Waals surface area contributed by atoms with Crippen molar-refractivity contribution in [3.63, 3.8) is 0 Å². The molecule has 0 nitrogen and oxygen atoms in total. The molecule has 1 heteroatoms. The minimum absolute atomic E-state index is 0.588. The molecule has 0 spiro atoms. The second-order valence-electron chi connectivity index (χ2n) is 3.41. The Bertz CT molecular complexity index is 111. The molecule has 9 heavy (non-hydrogen) atoms. The predicted molar refractivity (Wildman–Crippen MR) is 35.2 cm³/mol. The van der Waals surface area contributed by atoms with Gasteiger partial charge < -0.3 is 0 Å². The van der Waals surface area contributed by atoms with Gasteiger partial charge in [0.05, 0.1) is 0 Å². The van der Waals surface area contributed by atoms with Gasteiger partial charge in [-0.2, -0.15) is 0 Å². The van der Waals surface area contributed by atoms with Crippen LogP contribution < -0.4 is 21.2 Å². The van der Waals surface area contributed by atoms with Gasteiger partial charge in [0, 0.05) is 0 Å². The summed E-state index contributed by atoms with van der Waals surface area (Å²) in [4.78, 5) is 2.46. The summed E-state index contributed by atoms with van der Waals surface area (Å²) in [6.45, 7) is 0. The van der Waals surface area contributed by atoms with Gasteiger partial charge in [0.15, 0.2) is 0 Å². The second-order valence-corrected chi connectivity index (χ2v) is 6.25. The Kier molecular flexibility index (Phi) is 1.72. The number of hydrogen-bond acceptors (Lipinski definition) is 0. The van der Waals surface area contributed by atoms with Gasteiger partial charge in [-0.3, -0.25) is 0 Å². The molecule has 0 aromatic rings. The fraction of sp³-hybridized carbons (Fsp3) is 1.00. The van der Waals surface area contributed by atoms with Gasteiger partial charge in [0.25, 0.3) is 0 Å². The Morgan fingerprint density at radius 2 is 2.11 bits per heavy atom. The van der Waals surface area contributed by atoms with Crippen LogP contribution in [-0.2, 0) is 0 Å². The van der Waals surface area contributed by atoms with Crippen LogP contribution in [0.15, 0.2) is 0 Å². The van der Waals surface area contributed by atoms with Gasteiger partial charge in [-0.15, -0.1) is 0 Å². The number of alkyl halides is 2. The van der Waals surface area contributed by atoms with Crippen LogP contribution in [0.2, 0.25) is 0 Å². The zero-order chi connectivity index (χ0) is 6.27. The summed E-state index contributed by atoms with van der Waals surface area (Å²) in [6.07, 6.45) is 6.39. The van der Waals surface area contributed by atoms with Crippen LogP contribution in [0.25, 0.3) is 0 Å². The van der Waals surface area contributed by atoms with Crippen LogP contribution in [0.5, 0.6) is 0 Å². The first-order valence-electron chi connectivity index (χ1n) is 3.88. The van der Waals surface area contributed by atoms with E-state index in [-0.39, 0.29) is 0 Å². The van der Waals surface area contributed by atoms with Crippen LogP contribution >= 0.6 is 0 Å². The Balaban J connectivity index is 2.01. The van der Waals surface area contributed by atoms with Crippen molar-refractivity contribution >= 4 is 0 Å². The van der Waals surface area contributed by atoms with Crippen molar-refractivity contribution in [3.8, 4) is 0 Å². The summed E-state index contributed by atoms with van der Waals surface area (Å²) in [5.41, 5.74) is 0. The molecule has 2 fully saturated rings. The van der Waals surface area contributed by atoms with Gasteiger partial charge in [-0.25, -0.2) is 0 Å². The molecule has 3 atom stereocenters. The molecule has 0 aromatic carbocycles. The van der Waals surface area contributed by atoms with E-state index in [1.807, 2.05) is 0 Å². The molecule has 54 valence electrons. The average Bonchev–Trinajstić information content (AvgIpc) is 2.45. The molecule has 2 bridgehead atoms. The van der Waals surface area contributed by atoms with Crippen molar-refractivity contribution in [2.45, 2.75) is 29.6 Å². The maximum atomic E-state index is 2.46. The molecule has 0 radical (unpaired) electrons. The molecule has 2 aliphatic rings. The second kappa shape index (κ2) is 2.40. The molecule has 0 aliphatic heterocycles. The van der Waals surface area contributed by atoms with Gasteiger partial charge in [-0.1, -0.05) is 0 Å². The molecule has 0 amide bonds. The summed E-state index contributed by atoms with van der Waals surface area (Å²) >= 11 is 0.588. The van der Waals surface area contributed by atoms with Gasteiger partial charge in [-0.05, 0) is 0 Å². The fourth-order valence-corrected chi connectivity index (χ4v) is 5.33. The number of halogens is 1. The van der Waals surface area contributed by atoms with Gasteiger partial charge >= 0.3 is 67.6 Å². The summed E-state index contributed by atoms with van der Waals surface area (Å²) in [5, 5.41) is 0. The van der Waals surface area contributed by atoms with Crippen LogP contribution in [-0.4, -0.2) is 8.86 Å². The summed E-state index contributed by atoms with van der Waals surface area (Å²) in [6, 6.07) is 0. The third kappa shape index (κ3) is 1.02. The third-order valence-electron chi connectivity index (χ3n) is 2.93. The quantitative estimate of drug-likeness (QED) is 0.401. The molecule has 0 saturated heterocycles. The van der Waals surface area contributed by atoms with Gasteiger partial charge in [0.2, 0.25) is 0 Å². The van der Waals surface area contributed by atoms with E-state index in [4.69, 9.17) is 0 Å². The summed E-state index contributed by atoms with van der Waals surface area (Å²) in [7, 11) is 0. The third-order valence-corrected chi connectivity index (χ3v) is 6.06. The zero-order valence-electron chi connectivity index (χ0n) is 5.94. The van der Waals surface area contributed by atoms with Crippen LogP contribution in [0.3, 0.4) is 0 Å². The average molecular weight is 237 g/mol. The number of fused-ring (bicyclic) bond motifs is 2. The van der Waals surface area contributed by atoms with Crippen LogP contribution in [0, 0.1) is 11.8 Å². The van der Waals surface area contributed by atoms with E-state index in [0.29, 0.717) is 21.2 Å². The topological polar surface area (TPSA) is 0 Å². The normalized spacial score (nSPS) is 48.8. The van der Waals surface area contributed by atoms with E-state index in [0.717, 1.165) is 0 Å². The standard InChI is InChI=1S/C8H14I/c1-9-8-5-6-2-3-7(8)4-6/h6-8H,2-5H2,1H3/q-1. The zero-order valence-corrected chi connectivity index (χ0v) is 8.10. The van der Waals surface area contributed by atoms with E-state index in [2.05, 4.69) is 4.93 Å². The van der Waals surface area contributed by atoms with E-state index in [9.17, 15) is 0 Å².